The van der Waals surface area contributed by atoms with Gasteiger partial charge in [-0.2, -0.15) is 0 Å². The van der Waals surface area contributed by atoms with Crippen molar-refractivity contribution in [3.8, 4) is 11.1 Å². The van der Waals surface area contributed by atoms with Crippen LogP contribution in [0.4, 0.5) is 22.7 Å². The van der Waals surface area contributed by atoms with Crippen molar-refractivity contribution in [3.63, 3.8) is 0 Å². The number of rotatable bonds is 1. The summed E-state index contributed by atoms with van der Waals surface area (Å²) in [7, 11) is 4.40. The van der Waals surface area contributed by atoms with Crippen molar-refractivity contribution in [2.75, 3.05) is 23.9 Å². The SMILES string of the molecule is Cc1ccc2c(c1)C(C)(C)c1ccc(-c3ccc4c(c3)N(C)c3ccc(C)cc3C4(C)C)cc1N2C. The minimum atomic E-state index is -0.0380. The maximum absolute atomic E-state index is 2.38. The Morgan fingerprint density at radius 2 is 0.833 bits per heavy atom. The molecule has 0 fully saturated rings. The summed E-state index contributed by atoms with van der Waals surface area (Å²) >= 11 is 0. The minimum absolute atomic E-state index is 0.0380. The largest absolute Gasteiger partial charge is 0.344 e. The molecule has 36 heavy (non-hydrogen) atoms. The number of fused-ring (bicyclic) bond motifs is 4. The van der Waals surface area contributed by atoms with E-state index in [4.69, 9.17) is 0 Å². The smallest absolute Gasteiger partial charge is 0.0455 e. The Bertz CT molecular complexity index is 1420. The van der Waals surface area contributed by atoms with Crippen LogP contribution in [0.25, 0.3) is 11.1 Å². The van der Waals surface area contributed by atoms with E-state index in [-0.39, 0.29) is 10.8 Å². The van der Waals surface area contributed by atoms with Gasteiger partial charge in [0.1, 0.15) is 0 Å². The number of nitrogens with zero attached hydrogens (tertiary/aromatic N) is 2. The second-order valence-electron chi connectivity index (χ2n) is 11.9. The molecule has 0 N–H and O–H groups in total. The third-order valence-corrected chi connectivity index (χ3v) is 8.77. The van der Waals surface area contributed by atoms with Crippen LogP contribution in [0.2, 0.25) is 0 Å². The first-order valence-corrected chi connectivity index (χ1v) is 13.0. The van der Waals surface area contributed by atoms with Crippen LogP contribution in [0.1, 0.15) is 61.1 Å². The Morgan fingerprint density at radius 3 is 1.22 bits per heavy atom. The van der Waals surface area contributed by atoms with Crippen molar-refractivity contribution >= 4 is 22.7 Å². The maximum Gasteiger partial charge on any atom is 0.0455 e. The number of anilines is 4. The van der Waals surface area contributed by atoms with E-state index in [9.17, 15) is 0 Å². The van der Waals surface area contributed by atoms with Crippen molar-refractivity contribution in [2.45, 2.75) is 52.4 Å². The van der Waals surface area contributed by atoms with E-state index in [1.54, 1.807) is 0 Å². The van der Waals surface area contributed by atoms with Gasteiger partial charge in [0.25, 0.3) is 0 Å². The first kappa shape index (κ1) is 22.9. The van der Waals surface area contributed by atoms with Crippen LogP contribution in [0.5, 0.6) is 0 Å². The second kappa shape index (κ2) is 7.49. The number of hydrogen-bond acceptors (Lipinski definition) is 2. The molecule has 0 bridgehead atoms. The van der Waals surface area contributed by atoms with Crippen LogP contribution in [0.15, 0.2) is 72.8 Å². The Kier molecular flexibility index (Phi) is 4.77. The third-order valence-electron chi connectivity index (χ3n) is 8.77. The normalized spacial score (nSPS) is 16.7. The highest BCUT2D eigenvalue weighted by molar-refractivity contribution is 5.85. The number of benzene rings is 4. The van der Waals surface area contributed by atoms with E-state index in [0.717, 1.165) is 0 Å². The predicted octanol–water partition coefficient (Wildman–Crippen LogP) is 8.78. The van der Waals surface area contributed by atoms with E-state index in [1.807, 2.05) is 0 Å². The fourth-order valence-corrected chi connectivity index (χ4v) is 6.47. The lowest BCUT2D eigenvalue weighted by Gasteiger charge is -2.41. The molecule has 4 aromatic rings. The molecule has 0 amide bonds. The maximum atomic E-state index is 2.38. The summed E-state index contributed by atoms with van der Waals surface area (Å²) in [5.74, 6) is 0. The zero-order valence-electron chi connectivity index (χ0n) is 22.8. The van der Waals surface area contributed by atoms with Crippen LogP contribution >= 0.6 is 0 Å². The van der Waals surface area contributed by atoms with Crippen LogP contribution < -0.4 is 9.80 Å². The molecule has 4 aromatic carbocycles. The standard InChI is InChI=1S/C34H36N2/c1-21-9-15-29-27(17-21)33(3,4)25-13-11-23(19-31(25)35(29)7)24-12-14-26-32(20-24)36(8)30-16-10-22(2)18-28(30)34(26,5)6/h9-20H,1-8H3. The molecule has 0 saturated carbocycles. The van der Waals surface area contributed by atoms with E-state index in [0.29, 0.717) is 0 Å². The van der Waals surface area contributed by atoms with Crippen molar-refractivity contribution in [3.05, 3.63) is 106 Å². The number of hydrogen-bond donors (Lipinski definition) is 0. The Balaban J connectivity index is 1.47. The average Bonchev–Trinajstić information content (AvgIpc) is 2.85. The third kappa shape index (κ3) is 3.10. The lowest BCUT2D eigenvalue weighted by Crippen LogP contribution is -2.31. The van der Waals surface area contributed by atoms with Crippen molar-refractivity contribution in [2.24, 2.45) is 0 Å². The quantitative estimate of drug-likeness (QED) is 0.273. The van der Waals surface area contributed by atoms with Gasteiger partial charge in [0.15, 0.2) is 0 Å². The van der Waals surface area contributed by atoms with Crippen LogP contribution in [-0.4, -0.2) is 14.1 Å². The van der Waals surface area contributed by atoms with Crippen LogP contribution in [-0.2, 0) is 10.8 Å². The molecule has 0 spiro atoms. The molecule has 2 aliphatic rings. The molecule has 0 unspecified atom stereocenters. The first-order valence-electron chi connectivity index (χ1n) is 13.0. The minimum Gasteiger partial charge on any atom is -0.344 e. The van der Waals surface area contributed by atoms with Gasteiger partial charge < -0.3 is 9.80 Å². The predicted molar refractivity (Wildman–Crippen MR) is 155 cm³/mol. The highest BCUT2D eigenvalue weighted by Crippen LogP contribution is 2.51. The Morgan fingerprint density at radius 1 is 0.444 bits per heavy atom. The average molecular weight is 473 g/mol. The highest BCUT2D eigenvalue weighted by atomic mass is 15.1. The van der Waals surface area contributed by atoms with Gasteiger partial charge in [-0.25, -0.2) is 0 Å². The summed E-state index contributed by atoms with van der Waals surface area (Å²) in [6.45, 7) is 13.8. The van der Waals surface area contributed by atoms with Gasteiger partial charge in [-0.15, -0.1) is 0 Å². The van der Waals surface area contributed by atoms with Crippen LogP contribution in [0.3, 0.4) is 0 Å². The van der Waals surface area contributed by atoms with E-state index in [1.165, 1.54) is 67.3 Å². The fourth-order valence-electron chi connectivity index (χ4n) is 6.47. The van der Waals surface area contributed by atoms with Gasteiger partial charge in [0, 0.05) is 47.7 Å². The Labute approximate surface area is 216 Å². The molecule has 2 heterocycles. The molecule has 0 aromatic heterocycles. The van der Waals surface area contributed by atoms with Gasteiger partial charge in [-0.1, -0.05) is 87.4 Å². The van der Waals surface area contributed by atoms with Gasteiger partial charge in [-0.05, 0) is 71.5 Å². The molecular formula is C34H36N2. The summed E-state index contributed by atoms with van der Waals surface area (Å²) in [5, 5.41) is 0. The van der Waals surface area contributed by atoms with Crippen LogP contribution in [0, 0.1) is 13.8 Å². The fraction of sp³-hybridized carbons (Fsp3) is 0.294. The van der Waals surface area contributed by atoms with E-state index >= 15 is 0 Å². The van der Waals surface area contributed by atoms with Crippen molar-refractivity contribution in [1.82, 2.24) is 0 Å². The molecule has 182 valence electrons. The summed E-state index contributed by atoms with van der Waals surface area (Å²) < 4.78 is 0. The van der Waals surface area contributed by atoms with Gasteiger partial charge in [-0.3, -0.25) is 0 Å². The molecule has 0 saturated heterocycles. The van der Waals surface area contributed by atoms with Gasteiger partial charge >= 0.3 is 0 Å². The zero-order valence-corrected chi connectivity index (χ0v) is 22.8. The summed E-state index contributed by atoms with van der Waals surface area (Å²) in [5.41, 5.74) is 15.8. The summed E-state index contributed by atoms with van der Waals surface area (Å²) in [4.78, 5) is 4.73. The number of aryl methyl sites for hydroxylation is 2. The molecule has 6 rings (SSSR count). The summed E-state index contributed by atoms with van der Waals surface area (Å²) in [6, 6.07) is 27.8. The lowest BCUT2D eigenvalue weighted by molar-refractivity contribution is 0.628. The lowest BCUT2D eigenvalue weighted by atomic mass is 9.72. The molecule has 2 aliphatic heterocycles. The molecule has 0 radical (unpaired) electrons. The molecule has 2 nitrogen and oxygen atoms in total. The molecular weight excluding hydrogens is 436 g/mol. The zero-order chi connectivity index (χ0) is 25.6. The van der Waals surface area contributed by atoms with Gasteiger partial charge in [0.2, 0.25) is 0 Å². The molecule has 0 aliphatic carbocycles. The topological polar surface area (TPSA) is 6.48 Å². The van der Waals surface area contributed by atoms with Crippen molar-refractivity contribution < 1.29 is 0 Å². The molecule has 2 heteroatoms. The highest BCUT2D eigenvalue weighted by Gasteiger charge is 2.37. The molecule has 0 atom stereocenters. The monoisotopic (exact) mass is 472 g/mol. The first-order chi connectivity index (χ1) is 17.0. The Hall–Kier alpha value is -3.52. The van der Waals surface area contributed by atoms with E-state index in [2.05, 4.69) is 138 Å². The van der Waals surface area contributed by atoms with E-state index < -0.39 is 0 Å². The van der Waals surface area contributed by atoms with Crippen molar-refractivity contribution in [1.29, 1.82) is 0 Å². The van der Waals surface area contributed by atoms with Gasteiger partial charge in [0.05, 0.1) is 0 Å². The second-order valence-corrected chi connectivity index (χ2v) is 11.9. The summed E-state index contributed by atoms with van der Waals surface area (Å²) in [6.07, 6.45) is 0.